The molecule has 0 unspecified atom stereocenters. The monoisotopic (exact) mass is 464 g/mol. The minimum atomic E-state index is -3.92. The van der Waals surface area contributed by atoms with Crippen LogP contribution in [-0.2, 0) is 19.6 Å². The van der Waals surface area contributed by atoms with Crippen LogP contribution in [0.2, 0.25) is 0 Å². The Hall–Kier alpha value is -2.10. The molecule has 1 atom stereocenters. The second-order valence-corrected chi connectivity index (χ2v) is 12.4. The maximum absolute atomic E-state index is 13.5. The first kappa shape index (κ1) is 23.6. The molecule has 2 heterocycles. The number of esters is 1. The summed E-state index contributed by atoms with van der Waals surface area (Å²) < 4.78 is 38.9. The molecule has 1 aromatic heterocycles. The van der Waals surface area contributed by atoms with Gasteiger partial charge in [0.15, 0.2) is 0 Å². The highest BCUT2D eigenvalue weighted by atomic mass is 32.2. The highest BCUT2D eigenvalue weighted by Gasteiger charge is 2.49. The van der Waals surface area contributed by atoms with Crippen molar-refractivity contribution in [3.63, 3.8) is 0 Å². The van der Waals surface area contributed by atoms with Gasteiger partial charge in [-0.1, -0.05) is 0 Å². The van der Waals surface area contributed by atoms with Gasteiger partial charge in [-0.2, -0.15) is 16.1 Å². The Balaban J connectivity index is 1.88. The van der Waals surface area contributed by atoms with E-state index in [2.05, 4.69) is 4.98 Å². The molecule has 168 valence electrons. The van der Waals surface area contributed by atoms with E-state index in [4.69, 9.17) is 9.47 Å². The second-order valence-electron chi connectivity index (χ2n) is 8.76. The zero-order valence-corrected chi connectivity index (χ0v) is 20.0. The highest BCUT2D eigenvalue weighted by Crippen LogP contribution is 2.39. The Labute approximate surface area is 188 Å². The van der Waals surface area contributed by atoms with Gasteiger partial charge in [0.05, 0.1) is 4.90 Å². The lowest BCUT2D eigenvalue weighted by atomic mass is 10.0. The molecule has 0 bridgehead atoms. The molecule has 1 aliphatic rings. The number of ether oxygens (including phenoxy) is 2. The predicted molar refractivity (Wildman–Crippen MR) is 121 cm³/mol. The van der Waals surface area contributed by atoms with Crippen LogP contribution in [0, 0.1) is 0 Å². The van der Waals surface area contributed by atoms with Gasteiger partial charge >= 0.3 is 5.97 Å². The molecule has 0 aliphatic carbocycles. The fourth-order valence-electron chi connectivity index (χ4n) is 3.33. The second kappa shape index (κ2) is 8.80. The summed E-state index contributed by atoms with van der Waals surface area (Å²) >= 11 is 1.57. The molecule has 7 nitrogen and oxygen atoms in total. The van der Waals surface area contributed by atoms with E-state index in [1.165, 1.54) is 16.4 Å². The minimum Gasteiger partial charge on any atom is -0.459 e. The van der Waals surface area contributed by atoms with Crippen LogP contribution in [0.4, 0.5) is 0 Å². The summed E-state index contributed by atoms with van der Waals surface area (Å²) in [5.74, 6) is 1.16. The number of thioether (sulfide) groups is 1. The van der Waals surface area contributed by atoms with E-state index in [-0.39, 0.29) is 11.4 Å². The van der Waals surface area contributed by atoms with Crippen molar-refractivity contribution in [2.75, 3.05) is 12.3 Å². The fraction of sp³-hybridized carbons (Fsp3) is 0.455. The SMILES string of the molecule is CC(C)(C)OC(=O)[C@@H]1N(S(=O)(=O)c2ccc(Oc3ccncc3)cc2)CCSC1(C)C. The van der Waals surface area contributed by atoms with Gasteiger partial charge in [0.25, 0.3) is 0 Å². The lowest BCUT2D eigenvalue weighted by Crippen LogP contribution is -2.59. The molecule has 3 rings (SSSR count). The maximum atomic E-state index is 13.5. The van der Waals surface area contributed by atoms with Crippen molar-refractivity contribution in [2.24, 2.45) is 0 Å². The molecule has 1 saturated heterocycles. The summed E-state index contributed by atoms with van der Waals surface area (Å²) in [4.78, 5) is 17.0. The van der Waals surface area contributed by atoms with E-state index < -0.39 is 32.4 Å². The van der Waals surface area contributed by atoms with Crippen LogP contribution in [0.1, 0.15) is 34.6 Å². The summed E-state index contributed by atoms with van der Waals surface area (Å²) in [6.07, 6.45) is 3.22. The van der Waals surface area contributed by atoms with Gasteiger partial charge < -0.3 is 9.47 Å². The minimum absolute atomic E-state index is 0.103. The van der Waals surface area contributed by atoms with E-state index in [1.807, 2.05) is 13.8 Å². The lowest BCUT2D eigenvalue weighted by Gasteiger charge is -2.44. The Bertz CT molecular complexity index is 1020. The molecular formula is C22H28N2O5S2. The first-order valence-corrected chi connectivity index (χ1v) is 12.4. The number of sulfonamides is 1. The first-order valence-electron chi connectivity index (χ1n) is 9.97. The summed E-state index contributed by atoms with van der Waals surface area (Å²) in [7, 11) is -3.92. The molecule has 0 radical (unpaired) electrons. The van der Waals surface area contributed by atoms with Crippen LogP contribution >= 0.6 is 11.8 Å². The van der Waals surface area contributed by atoms with Crippen molar-refractivity contribution in [2.45, 2.75) is 55.9 Å². The quantitative estimate of drug-likeness (QED) is 0.616. The van der Waals surface area contributed by atoms with E-state index in [0.29, 0.717) is 17.3 Å². The normalized spacial score (nSPS) is 19.6. The van der Waals surface area contributed by atoms with Crippen molar-refractivity contribution in [1.29, 1.82) is 0 Å². The Kier molecular flexibility index (Phi) is 6.69. The molecule has 1 fully saturated rings. The summed E-state index contributed by atoms with van der Waals surface area (Å²) in [5, 5.41) is 0. The molecule has 1 aromatic carbocycles. The fourth-order valence-corrected chi connectivity index (χ4v) is 6.42. The number of hydrogen-bond donors (Lipinski definition) is 0. The molecule has 0 N–H and O–H groups in total. The number of carbonyl (C=O) groups is 1. The molecule has 31 heavy (non-hydrogen) atoms. The molecule has 0 spiro atoms. The molecular weight excluding hydrogens is 436 g/mol. The van der Waals surface area contributed by atoms with Crippen LogP contribution in [0.15, 0.2) is 53.7 Å². The standard InChI is InChI=1S/C22H28N2O5S2/c1-21(2,3)29-20(25)19-22(4,5)30-15-14-24(19)31(26,27)18-8-6-16(7-9-18)28-17-10-12-23-13-11-17/h6-13,19H,14-15H2,1-5H3/t19-/m0/s1. The topological polar surface area (TPSA) is 85.8 Å². The van der Waals surface area contributed by atoms with Crippen molar-refractivity contribution in [1.82, 2.24) is 9.29 Å². The largest absolute Gasteiger partial charge is 0.459 e. The Morgan fingerprint density at radius 2 is 1.68 bits per heavy atom. The highest BCUT2D eigenvalue weighted by molar-refractivity contribution is 8.00. The smallest absolute Gasteiger partial charge is 0.326 e. The van der Waals surface area contributed by atoms with Gasteiger partial charge in [0, 0.05) is 29.4 Å². The average Bonchev–Trinajstić information content (AvgIpc) is 2.67. The first-order chi connectivity index (χ1) is 14.4. The van der Waals surface area contributed by atoms with Crippen LogP contribution < -0.4 is 4.74 Å². The van der Waals surface area contributed by atoms with Gasteiger partial charge in [0.1, 0.15) is 23.1 Å². The number of benzene rings is 1. The summed E-state index contributed by atoms with van der Waals surface area (Å²) in [5.41, 5.74) is -0.712. The Morgan fingerprint density at radius 3 is 2.26 bits per heavy atom. The number of pyridine rings is 1. The molecule has 9 heteroatoms. The third-order valence-electron chi connectivity index (χ3n) is 4.68. The van der Waals surface area contributed by atoms with E-state index in [9.17, 15) is 13.2 Å². The average molecular weight is 465 g/mol. The lowest BCUT2D eigenvalue weighted by molar-refractivity contribution is -0.160. The van der Waals surface area contributed by atoms with Gasteiger partial charge in [-0.25, -0.2) is 8.42 Å². The van der Waals surface area contributed by atoms with Gasteiger partial charge in [-0.3, -0.25) is 9.78 Å². The zero-order chi connectivity index (χ0) is 22.9. The van der Waals surface area contributed by atoms with Crippen LogP contribution in [0.25, 0.3) is 0 Å². The van der Waals surface area contributed by atoms with Gasteiger partial charge in [-0.15, -0.1) is 0 Å². The van der Waals surface area contributed by atoms with Crippen LogP contribution in [0.3, 0.4) is 0 Å². The number of nitrogens with zero attached hydrogens (tertiary/aromatic N) is 2. The number of rotatable bonds is 5. The maximum Gasteiger partial charge on any atom is 0.326 e. The van der Waals surface area contributed by atoms with Crippen molar-refractivity contribution < 1.29 is 22.7 Å². The van der Waals surface area contributed by atoms with Crippen molar-refractivity contribution in [3.05, 3.63) is 48.8 Å². The number of aromatic nitrogens is 1. The molecule has 2 aromatic rings. The molecule has 1 aliphatic heterocycles. The van der Waals surface area contributed by atoms with E-state index in [0.717, 1.165) is 0 Å². The van der Waals surface area contributed by atoms with Crippen molar-refractivity contribution >= 4 is 27.8 Å². The van der Waals surface area contributed by atoms with Crippen LogP contribution in [0.5, 0.6) is 11.5 Å². The summed E-state index contributed by atoms with van der Waals surface area (Å²) in [6.45, 7) is 9.30. The third-order valence-corrected chi connectivity index (χ3v) is 7.91. The predicted octanol–water partition coefficient (Wildman–Crippen LogP) is 4.10. The summed E-state index contributed by atoms with van der Waals surface area (Å²) in [6, 6.07) is 8.68. The number of hydrogen-bond acceptors (Lipinski definition) is 7. The Morgan fingerprint density at radius 1 is 1.10 bits per heavy atom. The van der Waals surface area contributed by atoms with Gasteiger partial charge in [-0.05, 0) is 71.0 Å². The van der Waals surface area contributed by atoms with E-state index >= 15 is 0 Å². The molecule has 0 saturated carbocycles. The van der Waals surface area contributed by atoms with Crippen LogP contribution in [-0.4, -0.2) is 52.4 Å². The van der Waals surface area contributed by atoms with Crippen molar-refractivity contribution in [3.8, 4) is 11.5 Å². The zero-order valence-electron chi connectivity index (χ0n) is 18.4. The number of carbonyl (C=O) groups excluding carboxylic acids is 1. The van der Waals surface area contributed by atoms with E-state index in [1.54, 1.807) is 69.2 Å². The molecule has 0 amide bonds. The third kappa shape index (κ3) is 5.58. The van der Waals surface area contributed by atoms with Gasteiger partial charge in [0.2, 0.25) is 10.0 Å².